The topological polar surface area (TPSA) is 68.5 Å². The van der Waals surface area contributed by atoms with E-state index in [1.807, 2.05) is 17.5 Å². The summed E-state index contributed by atoms with van der Waals surface area (Å²) < 4.78 is 10.9. The Morgan fingerprint density at radius 1 is 1.36 bits per heavy atom. The second-order valence-electron chi connectivity index (χ2n) is 5.40. The first kappa shape index (κ1) is 17.4. The largest absolute Gasteiger partial charge is 0.481 e. The molecular weight excluding hydrogens is 362 g/mol. The molecule has 25 heavy (non-hydrogen) atoms. The van der Waals surface area contributed by atoms with Crippen molar-refractivity contribution in [3.8, 4) is 16.5 Å². The summed E-state index contributed by atoms with van der Waals surface area (Å²) in [5.74, 6) is 1.29. The second-order valence-corrected chi connectivity index (χ2v) is 6.78. The van der Waals surface area contributed by atoms with Crippen LogP contribution in [0.15, 0.2) is 46.3 Å². The molecule has 8 heteroatoms. The molecule has 0 aliphatic heterocycles. The Morgan fingerprint density at radius 2 is 2.12 bits per heavy atom. The lowest BCUT2D eigenvalue weighted by molar-refractivity contribution is -0.137. The molecule has 0 saturated heterocycles. The fourth-order valence-electron chi connectivity index (χ4n) is 2.18. The van der Waals surface area contributed by atoms with Gasteiger partial charge in [-0.05, 0) is 42.6 Å². The number of ether oxygens (including phenoxy) is 1. The molecule has 0 aliphatic carbocycles. The molecule has 1 aromatic carbocycles. The Bertz CT molecular complexity index is 833. The van der Waals surface area contributed by atoms with E-state index < -0.39 is 6.10 Å². The minimum atomic E-state index is -0.647. The Balaban J connectivity index is 1.59. The zero-order chi connectivity index (χ0) is 17.8. The van der Waals surface area contributed by atoms with Crippen molar-refractivity contribution in [3.05, 3.63) is 52.7 Å². The molecule has 0 saturated carbocycles. The smallest absolute Gasteiger partial charge is 0.263 e. The van der Waals surface area contributed by atoms with Gasteiger partial charge in [0.25, 0.3) is 5.91 Å². The van der Waals surface area contributed by atoms with Crippen molar-refractivity contribution in [2.75, 3.05) is 7.05 Å². The SMILES string of the molecule is CC(Oc1ccc(Cl)cc1)C(=O)N(C)Cc1nc(-c2cccs2)no1. The number of halogens is 1. The molecule has 3 aromatic rings. The maximum absolute atomic E-state index is 12.4. The van der Waals surface area contributed by atoms with Crippen LogP contribution < -0.4 is 4.74 Å². The van der Waals surface area contributed by atoms with Gasteiger partial charge in [-0.3, -0.25) is 4.79 Å². The summed E-state index contributed by atoms with van der Waals surface area (Å²) >= 11 is 7.36. The van der Waals surface area contributed by atoms with Crippen LogP contribution in [0.1, 0.15) is 12.8 Å². The van der Waals surface area contributed by atoms with Crippen molar-refractivity contribution < 1.29 is 14.1 Å². The van der Waals surface area contributed by atoms with Gasteiger partial charge in [0, 0.05) is 12.1 Å². The molecule has 6 nitrogen and oxygen atoms in total. The summed E-state index contributed by atoms with van der Waals surface area (Å²) in [5, 5.41) is 6.49. The maximum Gasteiger partial charge on any atom is 0.263 e. The van der Waals surface area contributed by atoms with Crippen molar-refractivity contribution in [2.45, 2.75) is 19.6 Å². The molecular formula is C17H16ClN3O3S. The Hall–Kier alpha value is -2.38. The predicted molar refractivity (Wildman–Crippen MR) is 95.6 cm³/mol. The van der Waals surface area contributed by atoms with Crippen molar-refractivity contribution in [1.29, 1.82) is 0 Å². The Kier molecular flexibility index (Phi) is 5.35. The van der Waals surface area contributed by atoms with Crippen LogP contribution in [0.2, 0.25) is 5.02 Å². The van der Waals surface area contributed by atoms with Crippen molar-refractivity contribution in [3.63, 3.8) is 0 Å². The van der Waals surface area contributed by atoms with Gasteiger partial charge in [0.2, 0.25) is 11.7 Å². The monoisotopic (exact) mass is 377 g/mol. The fraction of sp³-hybridized carbons (Fsp3) is 0.235. The molecule has 3 rings (SSSR count). The third-order valence-electron chi connectivity index (χ3n) is 3.43. The number of amides is 1. The number of rotatable bonds is 6. The highest BCUT2D eigenvalue weighted by Gasteiger charge is 2.21. The number of hydrogen-bond acceptors (Lipinski definition) is 6. The molecule has 0 fully saturated rings. The van der Waals surface area contributed by atoms with Gasteiger partial charge in [-0.15, -0.1) is 11.3 Å². The lowest BCUT2D eigenvalue weighted by atomic mass is 10.3. The van der Waals surface area contributed by atoms with Crippen LogP contribution in [-0.4, -0.2) is 34.1 Å². The normalized spacial score (nSPS) is 12.0. The van der Waals surface area contributed by atoms with Crippen LogP contribution in [0.25, 0.3) is 10.7 Å². The zero-order valence-electron chi connectivity index (χ0n) is 13.7. The third-order valence-corrected chi connectivity index (χ3v) is 4.55. The highest BCUT2D eigenvalue weighted by atomic mass is 35.5. The summed E-state index contributed by atoms with van der Waals surface area (Å²) in [4.78, 5) is 19.2. The van der Waals surface area contributed by atoms with E-state index in [1.54, 1.807) is 38.2 Å². The van der Waals surface area contributed by atoms with Crippen LogP contribution in [-0.2, 0) is 11.3 Å². The summed E-state index contributed by atoms with van der Waals surface area (Å²) in [6.45, 7) is 1.91. The minimum absolute atomic E-state index is 0.189. The zero-order valence-corrected chi connectivity index (χ0v) is 15.3. The van der Waals surface area contributed by atoms with Crippen molar-refractivity contribution in [2.24, 2.45) is 0 Å². The van der Waals surface area contributed by atoms with E-state index in [1.165, 1.54) is 16.2 Å². The van der Waals surface area contributed by atoms with E-state index in [9.17, 15) is 4.79 Å². The average Bonchev–Trinajstić information content (AvgIpc) is 3.27. The number of aromatic nitrogens is 2. The predicted octanol–water partition coefficient (Wildman–Crippen LogP) is 3.88. The van der Waals surface area contributed by atoms with Crippen molar-refractivity contribution in [1.82, 2.24) is 15.0 Å². The standard InChI is InChI=1S/C17H16ClN3O3S/c1-11(23-13-7-5-12(18)6-8-13)17(22)21(2)10-15-19-16(20-24-15)14-4-3-9-25-14/h3-9,11H,10H2,1-2H3. The van der Waals surface area contributed by atoms with Gasteiger partial charge in [0.15, 0.2) is 6.10 Å². The van der Waals surface area contributed by atoms with Crippen LogP contribution in [0, 0.1) is 0 Å². The molecule has 0 N–H and O–H groups in total. The Labute approximate surface area is 154 Å². The molecule has 0 radical (unpaired) electrons. The van der Waals surface area contributed by atoms with E-state index >= 15 is 0 Å². The van der Waals surface area contributed by atoms with Gasteiger partial charge < -0.3 is 14.2 Å². The van der Waals surface area contributed by atoms with E-state index in [0.29, 0.717) is 22.5 Å². The lowest BCUT2D eigenvalue weighted by Crippen LogP contribution is -2.37. The number of carbonyl (C=O) groups is 1. The molecule has 0 spiro atoms. The first-order valence-corrected chi connectivity index (χ1v) is 8.82. The second kappa shape index (κ2) is 7.67. The quantitative estimate of drug-likeness (QED) is 0.652. The average molecular weight is 378 g/mol. The number of likely N-dealkylation sites (N-methyl/N-ethyl adjacent to an activating group) is 1. The number of nitrogens with zero attached hydrogens (tertiary/aromatic N) is 3. The molecule has 0 aliphatic rings. The summed E-state index contributed by atoms with van der Waals surface area (Å²) in [6.07, 6.45) is -0.647. The van der Waals surface area contributed by atoms with Crippen LogP contribution >= 0.6 is 22.9 Å². The molecule has 2 heterocycles. The van der Waals surface area contributed by atoms with Gasteiger partial charge in [0.05, 0.1) is 11.4 Å². The fourth-order valence-corrected chi connectivity index (χ4v) is 2.96. The first-order chi connectivity index (χ1) is 12.0. The van der Waals surface area contributed by atoms with E-state index in [4.69, 9.17) is 20.9 Å². The van der Waals surface area contributed by atoms with Gasteiger partial charge in [-0.25, -0.2) is 0 Å². The van der Waals surface area contributed by atoms with Crippen LogP contribution in [0.3, 0.4) is 0 Å². The van der Waals surface area contributed by atoms with Crippen molar-refractivity contribution >= 4 is 28.8 Å². The number of thiophene rings is 1. The molecule has 0 bridgehead atoms. The molecule has 1 amide bonds. The minimum Gasteiger partial charge on any atom is -0.481 e. The first-order valence-electron chi connectivity index (χ1n) is 7.56. The van der Waals surface area contributed by atoms with E-state index in [0.717, 1.165) is 4.88 Å². The van der Waals surface area contributed by atoms with Crippen LogP contribution in [0.5, 0.6) is 5.75 Å². The molecule has 1 unspecified atom stereocenters. The summed E-state index contributed by atoms with van der Waals surface area (Å²) in [5.41, 5.74) is 0. The van der Waals surface area contributed by atoms with Gasteiger partial charge >= 0.3 is 0 Å². The molecule has 2 aromatic heterocycles. The number of hydrogen-bond donors (Lipinski definition) is 0. The maximum atomic E-state index is 12.4. The van der Waals surface area contributed by atoms with Crippen LogP contribution in [0.4, 0.5) is 0 Å². The van der Waals surface area contributed by atoms with Gasteiger partial charge in [0.1, 0.15) is 5.75 Å². The number of benzene rings is 1. The summed E-state index contributed by atoms with van der Waals surface area (Å²) in [7, 11) is 1.67. The number of carbonyl (C=O) groups excluding carboxylic acids is 1. The molecule has 130 valence electrons. The van der Waals surface area contributed by atoms with Gasteiger partial charge in [-0.2, -0.15) is 4.98 Å². The highest BCUT2D eigenvalue weighted by Crippen LogP contribution is 2.22. The lowest BCUT2D eigenvalue weighted by Gasteiger charge is -2.20. The van der Waals surface area contributed by atoms with Gasteiger partial charge in [-0.1, -0.05) is 22.8 Å². The van der Waals surface area contributed by atoms with E-state index in [2.05, 4.69) is 10.1 Å². The summed E-state index contributed by atoms with van der Waals surface area (Å²) in [6, 6.07) is 10.7. The Morgan fingerprint density at radius 3 is 2.80 bits per heavy atom. The molecule has 1 atom stereocenters. The third kappa shape index (κ3) is 4.37. The van der Waals surface area contributed by atoms with E-state index in [-0.39, 0.29) is 12.5 Å². The highest BCUT2D eigenvalue weighted by molar-refractivity contribution is 7.13.